The minimum absolute atomic E-state index is 0.102. The largest absolute Gasteiger partial charge is 0.501 e. The van der Waals surface area contributed by atoms with Crippen molar-refractivity contribution in [1.29, 1.82) is 0 Å². The number of benzene rings is 1. The van der Waals surface area contributed by atoms with E-state index in [1.807, 2.05) is 0 Å². The lowest BCUT2D eigenvalue weighted by atomic mass is 10.1. The van der Waals surface area contributed by atoms with Gasteiger partial charge in [0.15, 0.2) is 5.75 Å². The van der Waals surface area contributed by atoms with Crippen molar-refractivity contribution in [3.05, 3.63) is 47.9 Å². The summed E-state index contributed by atoms with van der Waals surface area (Å²) in [4.78, 5) is -0.942. The minimum atomic E-state index is -5.59. The number of pyridine rings is 1. The van der Waals surface area contributed by atoms with Gasteiger partial charge in [-0.2, -0.15) is 13.2 Å². The molecule has 2 aromatic heterocycles. The van der Waals surface area contributed by atoms with Crippen molar-refractivity contribution >= 4 is 15.5 Å². The lowest BCUT2D eigenvalue weighted by molar-refractivity contribution is -0.0437. The summed E-state index contributed by atoms with van der Waals surface area (Å²) in [5.74, 6) is 0.462. The van der Waals surface area contributed by atoms with E-state index in [1.165, 1.54) is 6.33 Å². The van der Waals surface area contributed by atoms with Gasteiger partial charge in [-0.25, -0.2) is 8.42 Å². The number of fused-ring (bicyclic) bond motifs is 2. The van der Waals surface area contributed by atoms with Gasteiger partial charge in [0.1, 0.15) is 12.1 Å². The second kappa shape index (κ2) is 5.92. The molecule has 1 N–H and O–H groups in total. The summed E-state index contributed by atoms with van der Waals surface area (Å²) in [5, 5.41) is 17.8. The van der Waals surface area contributed by atoms with Crippen molar-refractivity contribution in [3.63, 3.8) is 0 Å². The lowest BCUT2D eigenvalue weighted by Crippen LogP contribution is -2.24. The number of nitrogens with zero attached hydrogens (tertiary/aromatic N) is 3. The number of aliphatic hydroxyl groups excluding tert-OH is 1. The Morgan fingerprint density at radius 1 is 1.22 bits per heavy atom. The fourth-order valence-corrected chi connectivity index (χ4v) is 4.20. The van der Waals surface area contributed by atoms with Crippen LogP contribution in [0.3, 0.4) is 0 Å². The van der Waals surface area contributed by atoms with Gasteiger partial charge in [-0.3, -0.25) is 4.40 Å². The Balaban J connectivity index is 1.85. The van der Waals surface area contributed by atoms with Crippen LogP contribution in [-0.4, -0.2) is 33.6 Å². The molecule has 27 heavy (non-hydrogen) atoms. The molecule has 1 atom stereocenters. The SMILES string of the molecule is O=S(=O)(c1ccc(Oc2cccn3cnnc23)c2c1C(O)CC2)C(F)(F)F. The van der Waals surface area contributed by atoms with Crippen LogP contribution < -0.4 is 4.74 Å². The molecule has 142 valence electrons. The van der Waals surface area contributed by atoms with Crippen LogP contribution in [0.5, 0.6) is 11.5 Å². The zero-order chi connectivity index (χ0) is 19.4. The van der Waals surface area contributed by atoms with Crippen molar-refractivity contribution in [2.75, 3.05) is 0 Å². The molecular weight excluding hydrogens is 387 g/mol. The summed E-state index contributed by atoms with van der Waals surface area (Å²) in [7, 11) is -5.59. The topological polar surface area (TPSA) is 93.8 Å². The normalized spacial score (nSPS) is 17.3. The summed E-state index contributed by atoms with van der Waals surface area (Å²) >= 11 is 0. The molecule has 2 heterocycles. The van der Waals surface area contributed by atoms with Gasteiger partial charge in [0.05, 0.1) is 11.0 Å². The van der Waals surface area contributed by atoms with Crippen LogP contribution in [0.25, 0.3) is 5.65 Å². The number of ether oxygens (including phenoxy) is 1. The zero-order valence-corrected chi connectivity index (χ0v) is 14.3. The molecule has 0 aliphatic heterocycles. The van der Waals surface area contributed by atoms with E-state index in [9.17, 15) is 26.7 Å². The monoisotopic (exact) mass is 399 g/mol. The van der Waals surface area contributed by atoms with E-state index in [0.717, 1.165) is 12.1 Å². The fourth-order valence-electron chi connectivity index (χ4n) is 3.15. The molecule has 0 fully saturated rings. The third-order valence-electron chi connectivity index (χ3n) is 4.38. The number of hydrogen-bond acceptors (Lipinski definition) is 6. The molecule has 1 aromatic carbocycles. The van der Waals surface area contributed by atoms with Crippen molar-refractivity contribution in [3.8, 4) is 11.5 Å². The van der Waals surface area contributed by atoms with Gasteiger partial charge < -0.3 is 9.84 Å². The van der Waals surface area contributed by atoms with Crippen LogP contribution >= 0.6 is 0 Å². The highest BCUT2D eigenvalue weighted by molar-refractivity contribution is 7.92. The molecule has 1 aliphatic rings. The molecular formula is C16H12F3N3O4S. The molecule has 0 spiro atoms. The first kappa shape index (κ1) is 17.7. The molecule has 4 rings (SSSR count). The van der Waals surface area contributed by atoms with Crippen LogP contribution in [0.2, 0.25) is 0 Å². The van der Waals surface area contributed by atoms with Crippen LogP contribution in [0.1, 0.15) is 23.7 Å². The van der Waals surface area contributed by atoms with Crippen LogP contribution in [0, 0.1) is 0 Å². The quantitative estimate of drug-likeness (QED) is 0.728. The second-order valence-electron chi connectivity index (χ2n) is 5.99. The maximum atomic E-state index is 13.0. The van der Waals surface area contributed by atoms with Gasteiger partial charge in [-0.1, -0.05) is 0 Å². The molecule has 0 saturated carbocycles. The van der Waals surface area contributed by atoms with Crippen molar-refractivity contribution in [2.45, 2.75) is 29.3 Å². The molecule has 0 saturated heterocycles. The number of halogens is 3. The summed E-state index contributed by atoms with van der Waals surface area (Å²) < 4.78 is 70.1. The molecule has 1 aliphatic carbocycles. The summed E-state index contributed by atoms with van der Waals surface area (Å²) in [6, 6.07) is 5.25. The minimum Gasteiger partial charge on any atom is -0.453 e. The third kappa shape index (κ3) is 2.73. The number of aromatic nitrogens is 3. The number of alkyl halides is 3. The highest BCUT2D eigenvalue weighted by Gasteiger charge is 2.49. The van der Waals surface area contributed by atoms with Crippen molar-refractivity contribution in [2.24, 2.45) is 0 Å². The standard InChI is InChI=1S/C16H12F3N3O4S/c17-16(18,19)27(24,25)13-6-5-11(9-3-4-10(23)14(9)13)26-12-2-1-7-22-8-20-21-15(12)22/h1-2,5-8,10,23H,3-4H2. The molecule has 11 heteroatoms. The van der Waals surface area contributed by atoms with E-state index >= 15 is 0 Å². The van der Waals surface area contributed by atoms with Gasteiger partial charge in [0, 0.05) is 17.3 Å². The molecule has 0 radical (unpaired) electrons. The van der Waals surface area contributed by atoms with Crippen LogP contribution in [0.15, 0.2) is 41.7 Å². The molecule has 0 amide bonds. The average Bonchev–Trinajstić information content (AvgIpc) is 3.22. The van der Waals surface area contributed by atoms with Gasteiger partial charge in [0.25, 0.3) is 9.84 Å². The zero-order valence-electron chi connectivity index (χ0n) is 13.5. The highest BCUT2D eigenvalue weighted by Crippen LogP contribution is 2.45. The first-order valence-corrected chi connectivity index (χ1v) is 9.30. The summed E-state index contributed by atoms with van der Waals surface area (Å²) in [6.45, 7) is 0. The van der Waals surface area contributed by atoms with Crippen LogP contribution in [0.4, 0.5) is 13.2 Å². The Morgan fingerprint density at radius 2 is 2.00 bits per heavy atom. The number of sulfone groups is 1. The third-order valence-corrected chi connectivity index (χ3v) is 5.92. The average molecular weight is 399 g/mol. The van der Waals surface area contributed by atoms with Crippen molar-refractivity contribution in [1.82, 2.24) is 14.6 Å². The summed E-state index contributed by atoms with van der Waals surface area (Å²) in [5.41, 5.74) is -5.11. The Morgan fingerprint density at radius 3 is 2.74 bits per heavy atom. The van der Waals surface area contributed by atoms with Gasteiger partial charge >= 0.3 is 5.51 Å². The smallest absolute Gasteiger partial charge is 0.453 e. The maximum absolute atomic E-state index is 13.0. The van der Waals surface area contributed by atoms with E-state index in [1.54, 1.807) is 22.7 Å². The molecule has 1 unspecified atom stereocenters. The van der Waals surface area contributed by atoms with Gasteiger partial charge in [0.2, 0.25) is 5.65 Å². The highest BCUT2D eigenvalue weighted by atomic mass is 32.2. The second-order valence-corrected chi connectivity index (χ2v) is 7.90. The summed E-state index contributed by atoms with van der Waals surface area (Å²) in [6.07, 6.45) is 2.11. The number of hydrogen-bond donors (Lipinski definition) is 1. The van der Waals surface area contributed by atoms with E-state index in [0.29, 0.717) is 11.4 Å². The van der Waals surface area contributed by atoms with Gasteiger partial charge in [-0.05, 0) is 37.1 Å². The molecule has 0 bridgehead atoms. The van der Waals surface area contributed by atoms with Gasteiger partial charge in [-0.15, -0.1) is 10.2 Å². The predicted octanol–water partition coefficient (Wildman–Crippen LogP) is 2.79. The first-order valence-electron chi connectivity index (χ1n) is 7.81. The lowest BCUT2D eigenvalue weighted by Gasteiger charge is -2.17. The fraction of sp³-hybridized carbons (Fsp3) is 0.250. The Labute approximate surface area is 150 Å². The Kier molecular flexibility index (Phi) is 3.89. The van der Waals surface area contributed by atoms with Crippen molar-refractivity contribution < 1.29 is 31.4 Å². The number of aliphatic hydroxyl groups is 1. The Bertz CT molecular complexity index is 1140. The molecule has 3 aromatic rings. The van der Waals surface area contributed by atoms with E-state index in [-0.39, 0.29) is 29.7 Å². The number of rotatable bonds is 3. The first-order chi connectivity index (χ1) is 12.7. The molecule has 7 nitrogen and oxygen atoms in total. The van der Waals surface area contributed by atoms with E-state index in [2.05, 4.69) is 10.2 Å². The Hall–Kier alpha value is -2.66. The van der Waals surface area contributed by atoms with E-state index < -0.39 is 26.3 Å². The van der Waals surface area contributed by atoms with Crippen LogP contribution in [-0.2, 0) is 16.3 Å². The predicted molar refractivity (Wildman–Crippen MR) is 86.0 cm³/mol. The van der Waals surface area contributed by atoms with E-state index in [4.69, 9.17) is 4.74 Å². The maximum Gasteiger partial charge on any atom is 0.501 e.